The van der Waals surface area contributed by atoms with E-state index in [9.17, 15) is 53.1 Å². The van der Waals surface area contributed by atoms with Gasteiger partial charge in [0.05, 0.1) is 72.0 Å². The van der Waals surface area contributed by atoms with E-state index in [4.69, 9.17) is 86.9 Å². The fraction of sp³-hybridized carbons (Fsp3) is 0.630. The zero-order chi connectivity index (χ0) is 84.0. The van der Waals surface area contributed by atoms with Crippen LogP contribution in [0.2, 0.25) is 0 Å². The summed E-state index contributed by atoms with van der Waals surface area (Å²) in [5.41, 5.74) is -12.7. The Kier molecular flexibility index (Phi) is 33.8. The number of esters is 4. The number of halogens is 5. The Labute approximate surface area is 665 Å². The molecule has 22 atom stereocenters. The number of Topliss-reactive ketones (excluding diaryl/α,β-unsaturated/α-hetero) is 4. The molecule has 6 rings (SSSR count). The highest BCUT2D eigenvalue weighted by atomic mass is 35.6. The fourth-order valence-electron chi connectivity index (χ4n) is 14.9. The van der Waals surface area contributed by atoms with Crippen molar-refractivity contribution in [2.75, 3.05) is 41.4 Å². The van der Waals surface area contributed by atoms with Crippen LogP contribution in [0.1, 0.15) is 170 Å². The first-order chi connectivity index (χ1) is 51.4. The average molecular weight is 1620 g/mol. The average Bonchev–Trinajstić information content (AvgIpc) is 0.769. The Hall–Kier alpha value is -6.73. The van der Waals surface area contributed by atoms with E-state index >= 15 is 8.78 Å². The number of nitrogens with zero attached hydrogens (tertiary/aromatic N) is 2. The number of ether oxygens (including phenoxy) is 11. The number of hydrogen-bond acceptors (Lipinski definition) is 24. The van der Waals surface area contributed by atoms with Gasteiger partial charge in [-0.3, -0.25) is 38.9 Å². The zero-order valence-electron chi connectivity index (χ0n) is 67.2. The SMILES string of the molecule is C=CCO[C@]1(C)C[C@](C)(F)C(=O)/C(C)=C/[C@](C)(O)[C@@H](CC)OC(=O)[C@H](C)C(=O)[C@H](C)[C@H]1O[C@@H]1O[C@H](C)C[C@H](N(C)C)[C@H]1OC(=O)c1ccccc1.C=CCO[C@]1(C)C[C@](C)(F)C(=O)/C(C)=C/[C@](C)(OC(=O)NC(=O)C(Cl)(Cl)Cl)[C@@H](CC)OC(=O)[C@H](C)C(=O)[C@H](C)[C@H]1O[C@@H]1O[C@H](C)C[C@H](N(C)C)[C@H]1OC(=O)c1ccccc1. The third-order valence-electron chi connectivity index (χ3n) is 20.6. The lowest BCUT2D eigenvalue weighted by Crippen LogP contribution is -2.61. The van der Waals surface area contributed by atoms with Crippen molar-refractivity contribution in [3.8, 4) is 0 Å². The second-order valence-electron chi connectivity index (χ2n) is 30.9. The normalized spacial score (nSPS) is 36.2. The molecule has 0 radical (unpaired) electrons. The number of hydrogen-bond donors (Lipinski definition) is 2. The molecule has 2 aromatic rings. The highest BCUT2D eigenvalue weighted by molar-refractivity contribution is 6.76. The topological polar surface area (TPSA) is 311 Å². The third-order valence-corrected chi connectivity index (χ3v) is 21.1. The number of ketones is 4. The number of carbonyl (C=O) groups is 10. The molecule has 2 amide bonds. The van der Waals surface area contributed by atoms with Crippen LogP contribution in [-0.2, 0) is 85.7 Å². The first-order valence-electron chi connectivity index (χ1n) is 37.0. The van der Waals surface area contributed by atoms with Crippen molar-refractivity contribution in [2.24, 2.45) is 23.7 Å². The van der Waals surface area contributed by atoms with E-state index in [0.29, 0.717) is 18.4 Å². The first kappa shape index (κ1) is 94.9. The van der Waals surface area contributed by atoms with Crippen LogP contribution < -0.4 is 5.32 Å². The Bertz CT molecular complexity index is 3700. The molecule has 4 aliphatic rings. The van der Waals surface area contributed by atoms with Gasteiger partial charge in [0.15, 0.2) is 64.9 Å². The summed E-state index contributed by atoms with van der Waals surface area (Å²) in [6, 6.07) is 15.8. The number of alkyl carbamates (subject to hydrolysis) is 1. The van der Waals surface area contributed by atoms with Crippen LogP contribution in [0.3, 0.4) is 0 Å². The third kappa shape index (κ3) is 24.4. The number of rotatable bonds is 19. The summed E-state index contributed by atoms with van der Waals surface area (Å²) >= 11 is 16.8. The molecule has 2 saturated heterocycles. The molecular formula is C81H112Cl3F2N3O22. The van der Waals surface area contributed by atoms with E-state index in [1.807, 2.05) is 30.8 Å². The van der Waals surface area contributed by atoms with E-state index < -0.39 is 207 Å². The van der Waals surface area contributed by atoms with Crippen molar-refractivity contribution in [1.29, 1.82) is 0 Å². The van der Waals surface area contributed by atoms with Crippen LogP contribution in [0.5, 0.6) is 0 Å². The summed E-state index contributed by atoms with van der Waals surface area (Å²) in [5, 5.41) is 13.0. The number of nitrogens with one attached hydrogen (secondary N) is 1. The van der Waals surface area contributed by atoms with Gasteiger partial charge in [0.25, 0.3) is 9.70 Å². The number of amides is 2. The number of imide groups is 1. The lowest BCUT2D eigenvalue weighted by Gasteiger charge is -2.48. The van der Waals surface area contributed by atoms with Gasteiger partial charge in [-0.05, 0) is 185 Å². The molecule has 25 nitrogen and oxygen atoms in total. The standard InChI is InChI=1S/C42H56Cl3FN2O12.C39H56FNO10/c1-12-19-55-41(9)22-39(7,46)32(50)23(3)21-40(8,60-38(54)47-37(53)42(43,44)45)29(13-2)57-34(51)26(6)30(49)25(5)33(41)59-36-31(28(48(10)11)20-24(4)56-36)58-35(52)27-17-15-14-16-18-27;1-12-19-47-39(9)22-37(7,40)32(43)23(3)21-38(8,46)29(13-2)49-34(44)26(6)30(42)25(5)33(39)51-36-31(28(41(10)11)20-24(4)48-36)50-35(45)27-17-15-14-16-18-27/h12,14-18,21,24-26,28-29,31,33,36H,1,13,19-20,22H2,2-11H3,(H,47,53,54);12,14-18,21,24-26,28-29,31,33,36,46H,1,13,19-20,22H2,2-11H3/b2*23-21+/t24-,25+,26-,28+,29-,31-,33-,36+,39+,40+,41-;24-,25+,26-,28+,29-,31-,33-,36+,37+,38+,39-/m11/s1. The van der Waals surface area contributed by atoms with E-state index in [-0.39, 0.29) is 42.8 Å². The van der Waals surface area contributed by atoms with Gasteiger partial charge in [0, 0.05) is 24.7 Å². The van der Waals surface area contributed by atoms with Gasteiger partial charge in [0.2, 0.25) is 0 Å². The number of allylic oxidation sites excluding steroid dienone is 2. The number of benzene rings is 2. The largest absolute Gasteiger partial charge is 0.458 e. The molecule has 2 aromatic carbocycles. The zero-order valence-corrected chi connectivity index (χ0v) is 69.5. The molecule has 2 N–H and O–H groups in total. The molecule has 111 heavy (non-hydrogen) atoms. The maximum Gasteiger partial charge on any atom is 0.414 e. The van der Waals surface area contributed by atoms with Gasteiger partial charge in [-0.25, -0.2) is 23.2 Å². The second-order valence-corrected chi connectivity index (χ2v) is 33.2. The molecule has 30 heteroatoms. The number of carbonyl (C=O) groups excluding carboxylic acids is 10. The van der Waals surface area contributed by atoms with Gasteiger partial charge >= 0.3 is 30.0 Å². The van der Waals surface area contributed by atoms with Gasteiger partial charge in [0.1, 0.15) is 29.6 Å². The molecule has 0 spiro atoms. The van der Waals surface area contributed by atoms with Gasteiger partial charge < -0.3 is 67.0 Å². The smallest absolute Gasteiger partial charge is 0.414 e. The van der Waals surface area contributed by atoms with E-state index in [1.165, 1.54) is 87.5 Å². The Morgan fingerprint density at radius 1 is 0.604 bits per heavy atom. The van der Waals surface area contributed by atoms with Crippen LogP contribution in [0.15, 0.2) is 109 Å². The van der Waals surface area contributed by atoms with Crippen molar-refractivity contribution >= 4 is 93.8 Å². The number of aliphatic hydroxyl groups is 1. The van der Waals surface area contributed by atoms with Crippen LogP contribution in [0.25, 0.3) is 0 Å². The lowest BCUT2D eigenvalue weighted by atomic mass is 9.75. The maximum atomic E-state index is 17.3. The van der Waals surface area contributed by atoms with Crippen molar-refractivity contribution < 1.29 is 114 Å². The van der Waals surface area contributed by atoms with Crippen molar-refractivity contribution in [1.82, 2.24) is 15.1 Å². The maximum absolute atomic E-state index is 17.3. The summed E-state index contributed by atoms with van der Waals surface area (Å²) < 4.78 is 99.5. The minimum absolute atomic E-state index is 0.0677. The molecule has 4 aliphatic heterocycles. The molecule has 0 aliphatic carbocycles. The molecule has 0 unspecified atom stereocenters. The van der Waals surface area contributed by atoms with Crippen LogP contribution in [-0.4, -0.2) is 226 Å². The minimum atomic E-state index is -2.78. The summed E-state index contributed by atoms with van der Waals surface area (Å²) in [4.78, 5) is 140. The predicted octanol–water partition coefficient (Wildman–Crippen LogP) is 12.0. The predicted molar refractivity (Wildman–Crippen MR) is 410 cm³/mol. The number of likely N-dealkylation sites (N-methyl/N-ethyl adjacent to an activating group) is 2. The quantitative estimate of drug-likeness (QED) is 0.0434. The molecule has 0 aromatic heterocycles. The lowest BCUT2D eigenvalue weighted by molar-refractivity contribution is -0.297. The fourth-order valence-corrected chi connectivity index (χ4v) is 15.0. The Balaban J connectivity index is 0.000000402. The Morgan fingerprint density at radius 2 is 0.964 bits per heavy atom. The van der Waals surface area contributed by atoms with Crippen molar-refractivity contribution in [3.63, 3.8) is 0 Å². The van der Waals surface area contributed by atoms with Gasteiger partial charge in [-0.15, -0.1) is 13.2 Å². The van der Waals surface area contributed by atoms with Gasteiger partial charge in [-0.2, -0.15) is 0 Å². The van der Waals surface area contributed by atoms with Crippen LogP contribution in [0, 0.1) is 23.7 Å². The van der Waals surface area contributed by atoms with Crippen LogP contribution >= 0.6 is 34.8 Å². The molecule has 618 valence electrons. The summed E-state index contributed by atoms with van der Waals surface area (Å²) in [6.45, 7) is 30.0. The summed E-state index contributed by atoms with van der Waals surface area (Å²) in [7, 11) is 7.26. The van der Waals surface area contributed by atoms with E-state index in [2.05, 4.69) is 13.2 Å². The first-order valence-corrected chi connectivity index (χ1v) is 38.2. The molecular weight excluding hydrogens is 1510 g/mol. The molecule has 2 fully saturated rings. The highest BCUT2D eigenvalue weighted by Gasteiger charge is 2.57. The minimum Gasteiger partial charge on any atom is -0.458 e. The molecule has 4 heterocycles. The summed E-state index contributed by atoms with van der Waals surface area (Å²) in [6.07, 6.45) is -7.76. The molecule has 0 saturated carbocycles. The van der Waals surface area contributed by atoms with Crippen molar-refractivity contribution in [3.05, 3.63) is 120 Å². The Morgan fingerprint density at radius 3 is 1.31 bits per heavy atom. The van der Waals surface area contributed by atoms with Gasteiger partial charge in [-0.1, -0.05) is 111 Å². The monoisotopic (exact) mass is 1620 g/mol. The van der Waals surface area contributed by atoms with Crippen LogP contribution in [0.4, 0.5) is 13.6 Å². The second kappa shape index (κ2) is 39.5. The molecule has 0 bridgehead atoms. The van der Waals surface area contributed by atoms with E-state index in [1.54, 1.807) is 101 Å². The van der Waals surface area contributed by atoms with E-state index in [0.717, 1.165) is 19.9 Å². The number of alkyl halides is 5. The number of cyclic esters (lactones) is 2. The summed E-state index contributed by atoms with van der Waals surface area (Å²) in [5.74, 6) is -13.3. The van der Waals surface area contributed by atoms with Crippen molar-refractivity contribution in [2.45, 2.75) is 260 Å². The highest BCUT2D eigenvalue weighted by Crippen LogP contribution is 2.44.